The molecule has 17 heavy (non-hydrogen) atoms. The van der Waals surface area contributed by atoms with Gasteiger partial charge in [0, 0.05) is 43.2 Å². The van der Waals surface area contributed by atoms with E-state index in [4.69, 9.17) is 4.74 Å². The Balaban J connectivity index is 1.47. The van der Waals surface area contributed by atoms with Crippen molar-refractivity contribution < 1.29 is 4.74 Å². The highest BCUT2D eigenvalue weighted by molar-refractivity contribution is 7.99. The fourth-order valence-electron chi connectivity index (χ4n) is 3.41. The van der Waals surface area contributed by atoms with Crippen LogP contribution in [0.5, 0.6) is 0 Å². The van der Waals surface area contributed by atoms with E-state index in [9.17, 15) is 0 Å². The lowest BCUT2D eigenvalue weighted by Crippen LogP contribution is -2.50. The standard InChI is InChI=1S/C13H24N2OS/c1-2-12-13(3-1)16-8-7-15(12)6-4-11-10-17-9-5-14-11/h11-14H,1-10H2. The number of morpholine rings is 1. The summed E-state index contributed by atoms with van der Waals surface area (Å²) < 4.78 is 5.86. The summed E-state index contributed by atoms with van der Waals surface area (Å²) >= 11 is 2.10. The molecule has 0 aromatic rings. The van der Waals surface area contributed by atoms with Crippen LogP contribution in [0.1, 0.15) is 25.7 Å². The highest BCUT2D eigenvalue weighted by Gasteiger charge is 2.35. The van der Waals surface area contributed by atoms with Gasteiger partial charge < -0.3 is 10.1 Å². The summed E-state index contributed by atoms with van der Waals surface area (Å²) in [4.78, 5) is 2.70. The number of ether oxygens (including phenoxy) is 1. The molecule has 98 valence electrons. The summed E-state index contributed by atoms with van der Waals surface area (Å²) in [7, 11) is 0. The first kappa shape index (κ1) is 12.3. The van der Waals surface area contributed by atoms with E-state index in [1.807, 2.05) is 0 Å². The van der Waals surface area contributed by atoms with Gasteiger partial charge >= 0.3 is 0 Å². The van der Waals surface area contributed by atoms with Crippen molar-refractivity contribution in [1.82, 2.24) is 10.2 Å². The lowest BCUT2D eigenvalue weighted by Gasteiger charge is -2.38. The van der Waals surface area contributed by atoms with Gasteiger partial charge in [0.05, 0.1) is 12.7 Å². The van der Waals surface area contributed by atoms with Gasteiger partial charge in [0.15, 0.2) is 0 Å². The van der Waals surface area contributed by atoms with Crippen molar-refractivity contribution >= 4 is 11.8 Å². The van der Waals surface area contributed by atoms with Crippen LogP contribution in [0.3, 0.4) is 0 Å². The molecule has 0 spiro atoms. The van der Waals surface area contributed by atoms with Crippen molar-refractivity contribution in [1.29, 1.82) is 0 Å². The zero-order valence-corrected chi connectivity index (χ0v) is 11.4. The molecule has 2 aliphatic heterocycles. The van der Waals surface area contributed by atoms with Gasteiger partial charge in [0.2, 0.25) is 0 Å². The fraction of sp³-hybridized carbons (Fsp3) is 1.00. The van der Waals surface area contributed by atoms with E-state index in [2.05, 4.69) is 22.0 Å². The maximum Gasteiger partial charge on any atom is 0.0730 e. The second-order valence-electron chi connectivity index (χ2n) is 5.46. The normalized spacial score (nSPS) is 39.2. The molecule has 3 nitrogen and oxygen atoms in total. The molecule has 3 fully saturated rings. The zero-order valence-electron chi connectivity index (χ0n) is 10.6. The van der Waals surface area contributed by atoms with Gasteiger partial charge in [-0.05, 0) is 25.7 Å². The molecule has 0 aromatic heterocycles. The van der Waals surface area contributed by atoms with Gasteiger partial charge in [-0.1, -0.05) is 0 Å². The van der Waals surface area contributed by atoms with Crippen LogP contribution in [0.25, 0.3) is 0 Å². The molecule has 1 saturated carbocycles. The Morgan fingerprint density at radius 1 is 1.35 bits per heavy atom. The van der Waals surface area contributed by atoms with Crippen LogP contribution in [-0.2, 0) is 4.74 Å². The quantitative estimate of drug-likeness (QED) is 0.823. The van der Waals surface area contributed by atoms with Crippen LogP contribution in [-0.4, -0.2) is 60.8 Å². The number of thioether (sulfide) groups is 1. The highest BCUT2D eigenvalue weighted by Crippen LogP contribution is 2.29. The van der Waals surface area contributed by atoms with Crippen LogP contribution in [0.4, 0.5) is 0 Å². The molecule has 3 rings (SSSR count). The summed E-state index contributed by atoms with van der Waals surface area (Å²) in [6, 6.07) is 1.48. The second kappa shape index (κ2) is 5.91. The third-order valence-electron chi connectivity index (χ3n) is 4.36. The minimum absolute atomic E-state index is 0.553. The topological polar surface area (TPSA) is 24.5 Å². The molecule has 0 bridgehead atoms. The van der Waals surface area contributed by atoms with E-state index in [1.54, 1.807) is 0 Å². The third-order valence-corrected chi connectivity index (χ3v) is 5.49. The Kier molecular flexibility index (Phi) is 4.27. The summed E-state index contributed by atoms with van der Waals surface area (Å²) in [6.07, 6.45) is 5.88. The molecule has 0 amide bonds. The highest BCUT2D eigenvalue weighted by atomic mass is 32.2. The molecule has 2 heterocycles. The molecule has 1 aliphatic carbocycles. The van der Waals surface area contributed by atoms with Crippen LogP contribution >= 0.6 is 11.8 Å². The van der Waals surface area contributed by atoms with Crippen molar-refractivity contribution in [3.63, 3.8) is 0 Å². The van der Waals surface area contributed by atoms with E-state index in [-0.39, 0.29) is 0 Å². The SMILES string of the molecule is C1CC2OCCN(CCC3CSCCN3)C2C1. The minimum Gasteiger partial charge on any atom is -0.375 e. The molecule has 2 saturated heterocycles. The summed E-state index contributed by atoms with van der Waals surface area (Å²) in [5, 5.41) is 3.64. The Morgan fingerprint density at radius 3 is 3.24 bits per heavy atom. The molecule has 0 radical (unpaired) electrons. The number of nitrogens with zero attached hydrogens (tertiary/aromatic N) is 1. The van der Waals surface area contributed by atoms with Crippen molar-refractivity contribution in [2.75, 3.05) is 37.7 Å². The average Bonchev–Trinajstić information content (AvgIpc) is 2.86. The van der Waals surface area contributed by atoms with Crippen molar-refractivity contribution in [2.24, 2.45) is 0 Å². The predicted octanol–water partition coefficient (Wildman–Crippen LogP) is 1.33. The first-order valence-electron chi connectivity index (χ1n) is 7.10. The smallest absolute Gasteiger partial charge is 0.0730 e. The number of rotatable bonds is 3. The minimum atomic E-state index is 0.553. The second-order valence-corrected chi connectivity index (χ2v) is 6.61. The Labute approximate surface area is 109 Å². The lowest BCUT2D eigenvalue weighted by molar-refractivity contribution is -0.0562. The number of hydrogen-bond acceptors (Lipinski definition) is 4. The first-order valence-corrected chi connectivity index (χ1v) is 8.26. The Bertz CT molecular complexity index is 246. The van der Waals surface area contributed by atoms with Gasteiger partial charge in [0.25, 0.3) is 0 Å². The molecule has 1 N–H and O–H groups in total. The summed E-state index contributed by atoms with van der Waals surface area (Å²) in [6.45, 7) is 4.57. The van der Waals surface area contributed by atoms with E-state index < -0.39 is 0 Å². The number of fused-ring (bicyclic) bond motifs is 1. The molecule has 3 unspecified atom stereocenters. The maximum atomic E-state index is 5.86. The Morgan fingerprint density at radius 2 is 2.35 bits per heavy atom. The van der Waals surface area contributed by atoms with Crippen LogP contribution in [0.2, 0.25) is 0 Å². The number of hydrogen-bond donors (Lipinski definition) is 1. The van der Waals surface area contributed by atoms with Crippen LogP contribution in [0, 0.1) is 0 Å². The van der Waals surface area contributed by atoms with E-state index in [0.29, 0.717) is 6.10 Å². The molecule has 3 atom stereocenters. The Hall–Kier alpha value is 0.230. The van der Waals surface area contributed by atoms with Gasteiger partial charge in [-0.2, -0.15) is 11.8 Å². The third kappa shape index (κ3) is 2.98. The molecule has 3 aliphatic rings. The zero-order chi connectivity index (χ0) is 11.5. The van der Waals surface area contributed by atoms with Crippen LogP contribution < -0.4 is 5.32 Å². The van der Waals surface area contributed by atoms with Crippen molar-refractivity contribution in [2.45, 2.75) is 43.9 Å². The molecule has 0 aromatic carbocycles. The van der Waals surface area contributed by atoms with Crippen molar-refractivity contribution in [3.8, 4) is 0 Å². The fourth-order valence-corrected chi connectivity index (χ4v) is 4.41. The summed E-state index contributed by atoms with van der Waals surface area (Å²) in [5.74, 6) is 2.59. The summed E-state index contributed by atoms with van der Waals surface area (Å²) in [5.41, 5.74) is 0. The van der Waals surface area contributed by atoms with Gasteiger partial charge in [-0.25, -0.2) is 0 Å². The lowest BCUT2D eigenvalue weighted by atomic mass is 10.1. The van der Waals surface area contributed by atoms with Crippen LogP contribution in [0.15, 0.2) is 0 Å². The van der Waals surface area contributed by atoms with E-state index in [1.165, 1.54) is 50.3 Å². The van der Waals surface area contributed by atoms with Gasteiger partial charge in [-0.3, -0.25) is 4.90 Å². The first-order chi connectivity index (χ1) is 8.43. The predicted molar refractivity (Wildman–Crippen MR) is 72.7 cm³/mol. The monoisotopic (exact) mass is 256 g/mol. The van der Waals surface area contributed by atoms with E-state index in [0.717, 1.165) is 25.2 Å². The maximum absolute atomic E-state index is 5.86. The number of nitrogens with one attached hydrogen (secondary N) is 1. The van der Waals surface area contributed by atoms with Gasteiger partial charge in [0.1, 0.15) is 0 Å². The van der Waals surface area contributed by atoms with E-state index >= 15 is 0 Å². The molecular weight excluding hydrogens is 232 g/mol. The molecule has 4 heteroatoms. The van der Waals surface area contributed by atoms with Crippen molar-refractivity contribution in [3.05, 3.63) is 0 Å². The largest absolute Gasteiger partial charge is 0.375 e. The molecular formula is C13H24N2OS. The van der Waals surface area contributed by atoms with Gasteiger partial charge in [-0.15, -0.1) is 0 Å². The average molecular weight is 256 g/mol.